The van der Waals surface area contributed by atoms with Crippen LogP contribution in [0.5, 0.6) is 0 Å². The number of aromatic nitrogens is 1. The molecule has 0 spiro atoms. The maximum Gasteiger partial charge on any atom is 0.0859 e. The molecule has 0 bridgehead atoms. The summed E-state index contributed by atoms with van der Waals surface area (Å²) < 4.78 is 0. The molecule has 1 heterocycles. The third-order valence-corrected chi connectivity index (χ3v) is 1.73. The largest absolute Gasteiger partial charge is 0.397 e. The Balaban J connectivity index is 2.83. The molecule has 0 aliphatic rings. The van der Waals surface area contributed by atoms with Crippen molar-refractivity contribution in [2.45, 2.75) is 6.92 Å². The Morgan fingerprint density at radius 3 is 2.79 bits per heavy atom. The molecule has 0 aliphatic carbocycles. The van der Waals surface area contributed by atoms with Crippen LogP contribution in [-0.2, 0) is 0 Å². The van der Waals surface area contributed by atoms with Crippen molar-refractivity contribution < 1.29 is 0 Å². The summed E-state index contributed by atoms with van der Waals surface area (Å²) in [5, 5.41) is 0. The summed E-state index contributed by atoms with van der Waals surface area (Å²) in [4.78, 5) is 4.20. The maximum absolute atomic E-state index is 5.80. The van der Waals surface area contributed by atoms with Gasteiger partial charge in [0.1, 0.15) is 0 Å². The summed E-state index contributed by atoms with van der Waals surface area (Å²) in [6.45, 7) is 5.56. The summed E-state index contributed by atoms with van der Waals surface area (Å²) in [6.07, 6.45) is 8.96. The highest BCUT2D eigenvalue weighted by molar-refractivity contribution is 5.60. The SMILES string of the molecule is C=C/C=C\C=C(/N)c1ccc(C)cn1. The Labute approximate surface area is 84.5 Å². The monoisotopic (exact) mass is 186 g/mol. The van der Waals surface area contributed by atoms with Crippen molar-refractivity contribution >= 4 is 5.70 Å². The minimum Gasteiger partial charge on any atom is -0.397 e. The van der Waals surface area contributed by atoms with Crippen LogP contribution in [0.25, 0.3) is 5.70 Å². The zero-order valence-corrected chi connectivity index (χ0v) is 8.27. The third-order valence-electron chi connectivity index (χ3n) is 1.73. The van der Waals surface area contributed by atoms with Crippen molar-refractivity contribution in [3.8, 4) is 0 Å². The van der Waals surface area contributed by atoms with E-state index in [-0.39, 0.29) is 0 Å². The summed E-state index contributed by atoms with van der Waals surface area (Å²) in [5.74, 6) is 0. The van der Waals surface area contributed by atoms with Crippen LogP contribution in [0.15, 0.2) is 49.2 Å². The highest BCUT2D eigenvalue weighted by atomic mass is 14.7. The van der Waals surface area contributed by atoms with Crippen molar-refractivity contribution in [1.82, 2.24) is 4.98 Å². The van der Waals surface area contributed by atoms with Crippen LogP contribution in [0.4, 0.5) is 0 Å². The average molecular weight is 186 g/mol. The minimum atomic E-state index is 0.656. The first-order chi connectivity index (χ1) is 6.74. The molecule has 1 aromatic rings. The smallest absolute Gasteiger partial charge is 0.0859 e. The van der Waals surface area contributed by atoms with Gasteiger partial charge in [-0.25, -0.2) is 0 Å². The van der Waals surface area contributed by atoms with Crippen LogP contribution in [0.2, 0.25) is 0 Å². The molecule has 0 unspecified atom stereocenters. The zero-order valence-electron chi connectivity index (χ0n) is 8.27. The molecule has 14 heavy (non-hydrogen) atoms. The minimum absolute atomic E-state index is 0.656. The van der Waals surface area contributed by atoms with Gasteiger partial charge in [0.25, 0.3) is 0 Å². The van der Waals surface area contributed by atoms with Crippen molar-refractivity contribution in [2.24, 2.45) is 5.73 Å². The molecule has 0 radical (unpaired) electrons. The van der Waals surface area contributed by atoms with Gasteiger partial charge in [0.05, 0.1) is 11.4 Å². The molecule has 0 aromatic carbocycles. The van der Waals surface area contributed by atoms with Gasteiger partial charge in [-0.3, -0.25) is 4.98 Å². The van der Waals surface area contributed by atoms with Crippen LogP contribution in [0.3, 0.4) is 0 Å². The van der Waals surface area contributed by atoms with Gasteiger partial charge in [0.15, 0.2) is 0 Å². The molecule has 0 amide bonds. The molecular weight excluding hydrogens is 172 g/mol. The van der Waals surface area contributed by atoms with E-state index in [0.29, 0.717) is 5.70 Å². The van der Waals surface area contributed by atoms with E-state index in [1.165, 1.54) is 0 Å². The lowest BCUT2D eigenvalue weighted by Crippen LogP contribution is -1.98. The van der Waals surface area contributed by atoms with E-state index in [1.807, 2.05) is 31.2 Å². The van der Waals surface area contributed by atoms with E-state index < -0.39 is 0 Å². The van der Waals surface area contributed by atoms with E-state index in [9.17, 15) is 0 Å². The number of hydrogen-bond donors (Lipinski definition) is 1. The molecule has 2 N–H and O–H groups in total. The van der Waals surface area contributed by atoms with E-state index in [2.05, 4.69) is 11.6 Å². The Hall–Kier alpha value is -1.83. The van der Waals surface area contributed by atoms with E-state index in [1.54, 1.807) is 18.3 Å². The standard InChI is InChI=1S/C12H14N2/c1-3-4-5-6-11(13)12-8-7-10(2)9-14-12/h3-9H,1,13H2,2H3/b5-4-,11-6-. The van der Waals surface area contributed by atoms with Crippen LogP contribution >= 0.6 is 0 Å². The van der Waals surface area contributed by atoms with Gasteiger partial charge < -0.3 is 5.73 Å². The lowest BCUT2D eigenvalue weighted by atomic mass is 10.2. The van der Waals surface area contributed by atoms with E-state index in [0.717, 1.165) is 11.3 Å². The number of allylic oxidation sites excluding steroid dienone is 4. The normalized spacial score (nSPS) is 11.9. The Morgan fingerprint density at radius 1 is 1.43 bits per heavy atom. The Kier molecular flexibility index (Phi) is 3.68. The van der Waals surface area contributed by atoms with Crippen molar-refractivity contribution in [2.75, 3.05) is 0 Å². The molecule has 0 fully saturated rings. The lowest BCUT2D eigenvalue weighted by molar-refractivity contribution is 1.22. The number of rotatable bonds is 3. The van der Waals surface area contributed by atoms with E-state index >= 15 is 0 Å². The number of hydrogen-bond acceptors (Lipinski definition) is 2. The van der Waals surface area contributed by atoms with Gasteiger partial charge in [-0.1, -0.05) is 30.9 Å². The number of nitrogens with zero attached hydrogens (tertiary/aromatic N) is 1. The summed E-state index contributed by atoms with van der Waals surface area (Å²) in [7, 11) is 0. The second kappa shape index (κ2) is 5.02. The summed E-state index contributed by atoms with van der Waals surface area (Å²) >= 11 is 0. The number of pyridine rings is 1. The summed E-state index contributed by atoms with van der Waals surface area (Å²) in [6, 6.07) is 3.89. The van der Waals surface area contributed by atoms with Crippen molar-refractivity contribution in [3.63, 3.8) is 0 Å². The quantitative estimate of drug-likeness (QED) is 0.736. The van der Waals surface area contributed by atoms with Crippen LogP contribution in [0, 0.1) is 6.92 Å². The molecule has 0 saturated heterocycles. The van der Waals surface area contributed by atoms with Crippen LogP contribution in [0.1, 0.15) is 11.3 Å². The fourth-order valence-corrected chi connectivity index (χ4v) is 0.962. The topological polar surface area (TPSA) is 38.9 Å². The third kappa shape index (κ3) is 2.90. The van der Waals surface area contributed by atoms with E-state index in [4.69, 9.17) is 5.73 Å². The fraction of sp³-hybridized carbons (Fsp3) is 0.0833. The fourth-order valence-electron chi connectivity index (χ4n) is 0.962. The van der Waals surface area contributed by atoms with Gasteiger partial charge >= 0.3 is 0 Å². The molecule has 2 nitrogen and oxygen atoms in total. The van der Waals surface area contributed by atoms with Crippen molar-refractivity contribution in [1.29, 1.82) is 0 Å². The second-order valence-electron chi connectivity index (χ2n) is 2.96. The van der Waals surface area contributed by atoms with Crippen molar-refractivity contribution in [3.05, 3.63) is 60.5 Å². The van der Waals surface area contributed by atoms with Gasteiger partial charge in [-0.15, -0.1) is 0 Å². The molecule has 0 aliphatic heterocycles. The maximum atomic E-state index is 5.80. The highest BCUT2D eigenvalue weighted by Gasteiger charge is 1.94. The summed E-state index contributed by atoms with van der Waals surface area (Å²) in [5.41, 5.74) is 8.38. The predicted molar refractivity (Wildman–Crippen MR) is 60.5 cm³/mol. The highest BCUT2D eigenvalue weighted by Crippen LogP contribution is 2.06. The molecule has 0 saturated carbocycles. The molecule has 0 atom stereocenters. The second-order valence-corrected chi connectivity index (χ2v) is 2.96. The van der Waals surface area contributed by atoms with Gasteiger partial charge in [-0.2, -0.15) is 0 Å². The number of nitrogens with two attached hydrogens (primary N) is 1. The zero-order chi connectivity index (χ0) is 10.4. The number of aryl methyl sites for hydroxylation is 1. The van der Waals surface area contributed by atoms with Gasteiger partial charge in [-0.05, 0) is 24.6 Å². The van der Waals surface area contributed by atoms with Crippen LogP contribution < -0.4 is 5.73 Å². The molecular formula is C12H14N2. The molecule has 1 aromatic heterocycles. The van der Waals surface area contributed by atoms with Gasteiger partial charge in [0, 0.05) is 6.20 Å². The first-order valence-electron chi connectivity index (χ1n) is 4.42. The Morgan fingerprint density at radius 2 is 2.21 bits per heavy atom. The average Bonchev–Trinajstić information content (AvgIpc) is 2.19. The predicted octanol–water partition coefficient (Wildman–Crippen LogP) is 2.43. The molecule has 2 heteroatoms. The lowest BCUT2D eigenvalue weighted by Gasteiger charge is -1.99. The molecule has 72 valence electrons. The first kappa shape index (κ1) is 10.3. The molecule has 1 rings (SSSR count). The first-order valence-corrected chi connectivity index (χ1v) is 4.42. The van der Waals surface area contributed by atoms with Gasteiger partial charge in [0.2, 0.25) is 0 Å². The van der Waals surface area contributed by atoms with Crippen LogP contribution in [-0.4, -0.2) is 4.98 Å². The Bertz CT molecular complexity index is 358.